The van der Waals surface area contributed by atoms with E-state index in [2.05, 4.69) is 12.1 Å². The number of hydrogen-bond acceptors (Lipinski definition) is 3. The standard InChI is InChI=1S/C10H8NO2/c1-13-9-6-10(12)11-8-5-3-2-4-7(8)9/h2-6H,1H2,(H,11,12). The first-order valence-electron chi connectivity index (χ1n) is 3.82. The third-order valence-electron chi connectivity index (χ3n) is 1.82. The molecular weight excluding hydrogens is 166 g/mol. The highest BCUT2D eigenvalue weighted by molar-refractivity contribution is 5.85. The van der Waals surface area contributed by atoms with Crippen LogP contribution in [0.25, 0.3) is 10.9 Å². The van der Waals surface area contributed by atoms with Crippen LogP contribution in [0.2, 0.25) is 0 Å². The van der Waals surface area contributed by atoms with Gasteiger partial charge in [0.2, 0.25) is 5.88 Å². The predicted octanol–water partition coefficient (Wildman–Crippen LogP) is 2.11. The van der Waals surface area contributed by atoms with Crippen LogP contribution in [0.15, 0.2) is 30.3 Å². The Bertz CT molecular complexity index is 440. The number of aromatic nitrogens is 1. The number of ether oxygens (including phenoxy) is 1. The second-order valence-corrected chi connectivity index (χ2v) is 2.64. The van der Waals surface area contributed by atoms with Crippen molar-refractivity contribution in [2.75, 3.05) is 0 Å². The lowest BCUT2D eigenvalue weighted by atomic mass is 10.2. The van der Waals surface area contributed by atoms with Gasteiger partial charge in [-0.25, -0.2) is 4.98 Å². The fourth-order valence-corrected chi connectivity index (χ4v) is 1.25. The summed E-state index contributed by atoms with van der Waals surface area (Å²) in [5, 5.41) is 10.1. The van der Waals surface area contributed by atoms with E-state index in [-0.39, 0.29) is 5.88 Å². The van der Waals surface area contributed by atoms with Crippen LogP contribution in [0.1, 0.15) is 0 Å². The average Bonchev–Trinajstić information content (AvgIpc) is 2.16. The van der Waals surface area contributed by atoms with Gasteiger partial charge in [-0.05, 0) is 12.1 Å². The van der Waals surface area contributed by atoms with Gasteiger partial charge in [0.15, 0.2) is 0 Å². The fourth-order valence-electron chi connectivity index (χ4n) is 1.25. The van der Waals surface area contributed by atoms with Crippen LogP contribution in [0.4, 0.5) is 0 Å². The first-order chi connectivity index (χ1) is 6.31. The second kappa shape index (κ2) is 2.94. The van der Waals surface area contributed by atoms with Crippen LogP contribution in [-0.2, 0) is 0 Å². The molecule has 1 radical (unpaired) electrons. The molecule has 0 spiro atoms. The summed E-state index contributed by atoms with van der Waals surface area (Å²) < 4.78 is 4.86. The van der Waals surface area contributed by atoms with E-state index >= 15 is 0 Å². The Labute approximate surface area is 75.6 Å². The van der Waals surface area contributed by atoms with Crippen molar-refractivity contribution in [3.05, 3.63) is 37.4 Å². The molecule has 0 aliphatic heterocycles. The summed E-state index contributed by atoms with van der Waals surface area (Å²) in [7, 11) is 3.31. The topological polar surface area (TPSA) is 42.4 Å². The third kappa shape index (κ3) is 1.28. The number of fused-ring (bicyclic) bond motifs is 1. The minimum atomic E-state index is -0.0580. The molecule has 1 heterocycles. The summed E-state index contributed by atoms with van der Waals surface area (Å²) in [6.07, 6.45) is 0. The monoisotopic (exact) mass is 174 g/mol. The predicted molar refractivity (Wildman–Crippen MR) is 49.4 cm³/mol. The van der Waals surface area contributed by atoms with Gasteiger partial charge < -0.3 is 9.84 Å². The van der Waals surface area contributed by atoms with E-state index in [0.29, 0.717) is 11.3 Å². The van der Waals surface area contributed by atoms with Crippen LogP contribution in [0.3, 0.4) is 0 Å². The van der Waals surface area contributed by atoms with Crippen LogP contribution < -0.4 is 4.74 Å². The van der Waals surface area contributed by atoms with Crippen molar-refractivity contribution in [2.24, 2.45) is 0 Å². The van der Waals surface area contributed by atoms with Crippen molar-refractivity contribution in [2.45, 2.75) is 0 Å². The maximum atomic E-state index is 9.22. The summed E-state index contributed by atoms with van der Waals surface area (Å²) in [6, 6.07) is 8.83. The van der Waals surface area contributed by atoms with Crippen molar-refractivity contribution >= 4 is 10.9 Å². The molecule has 3 heteroatoms. The molecule has 0 fully saturated rings. The third-order valence-corrected chi connectivity index (χ3v) is 1.82. The zero-order valence-electron chi connectivity index (χ0n) is 6.90. The largest absolute Gasteiger partial charge is 0.493 e. The number of pyridine rings is 1. The van der Waals surface area contributed by atoms with Gasteiger partial charge in [0, 0.05) is 11.5 Å². The Kier molecular flexibility index (Phi) is 1.77. The minimum Gasteiger partial charge on any atom is -0.493 e. The Morgan fingerprint density at radius 3 is 2.85 bits per heavy atom. The summed E-state index contributed by atoms with van der Waals surface area (Å²) in [5.41, 5.74) is 0.696. The molecular formula is C10H8NO2. The van der Waals surface area contributed by atoms with E-state index in [0.717, 1.165) is 5.39 Å². The van der Waals surface area contributed by atoms with E-state index in [9.17, 15) is 5.11 Å². The lowest BCUT2D eigenvalue weighted by molar-refractivity contribution is 0.440. The van der Waals surface area contributed by atoms with Gasteiger partial charge in [0.1, 0.15) is 12.9 Å². The Hall–Kier alpha value is -1.77. The van der Waals surface area contributed by atoms with Gasteiger partial charge in [0.05, 0.1) is 5.52 Å². The van der Waals surface area contributed by atoms with Crippen molar-refractivity contribution < 1.29 is 9.84 Å². The Morgan fingerprint density at radius 1 is 1.31 bits per heavy atom. The summed E-state index contributed by atoms with van der Waals surface area (Å²) in [5.74, 6) is 0.473. The van der Waals surface area contributed by atoms with Crippen molar-refractivity contribution in [3.8, 4) is 11.6 Å². The van der Waals surface area contributed by atoms with E-state index in [1.54, 1.807) is 6.07 Å². The molecule has 13 heavy (non-hydrogen) atoms. The first-order valence-corrected chi connectivity index (χ1v) is 3.82. The number of rotatable bonds is 1. The maximum Gasteiger partial charge on any atom is 0.215 e. The smallest absolute Gasteiger partial charge is 0.215 e. The van der Waals surface area contributed by atoms with Crippen molar-refractivity contribution in [3.63, 3.8) is 0 Å². The number of hydrogen-bond donors (Lipinski definition) is 1. The molecule has 0 saturated carbocycles. The number of benzene rings is 1. The lowest BCUT2D eigenvalue weighted by Gasteiger charge is -2.04. The molecule has 65 valence electrons. The van der Waals surface area contributed by atoms with Gasteiger partial charge in [0.25, 0.3) is 0 Å². The maximum absolute atomic E-state index is 9.22. The molecule has 0 aliphatic rings. The Morgan fingerprint density at radius 2 is 2.08 bits per heavy atom. The van der Waals surface area contributed by atoms with Crippen molar-refractivity contribution in [1.82, 2.24) is 4.98 Å². The number of para-hydroxylation sites is 1. The molecule has 0 saturated heterocycles. The first kappa shape index (κ1) is 7.86. The molecule has 0 unspecified atom stereocenters. The molecule has 1 aromatic carbocycles. The molecule has 2 aromatic rings. The van der Waals surface area contributed by atoms with Gasteiger partial charge in [-0.1, -0.05) is 12.1 Å². The van der Waals surface area contributed by atoms with E-state index in [4.69, 9.17) is 4.74 Å². The molecule has 1 aromatic heterocycles. The summed E-state index contributed by atoms with van der Waals surface area (Å²) in [6.45, 7) is 0. The quantitative estimate of drug-likeness (QED) is 0.719. The van der Waals surface area contributed by atoms with E-state index in [1.165, 1.54) is 6.07 Å². The summed E-state index contributed by atoms with van der Waals surface area (Å²) >= 11 is 0. The SMILES string of the molecule is [CH2]Oc1cc(O)nc2ccccc12. The van der Waals surface area contributed by atoms with Gasteiger partial charge >= 0.3 is 0 Å². The summed E-state index contributed by atoms with van der Waals surface area (Å²) in [4.78, 5) is 3.93. The Balaban J connectivity index is 2.81. The van der Waals surface area contributed by atoms with Crippen LogP contribution in [0.5, 0.6) is 11.6 Å². The molecule has 0 bridgehead atoms. The number of nitrogens with zero attached hydrogens (tertiary/aromatic N) is 1. The minimum absolute atomic E-state index is 0.0580. The molecule has 0 amide bonds. The lowest BCUT2D eigenvalue weighted by Crippen LogP contribution is -1.85. The van der Waals surface area contributed by atoms with E-state index < -0.39 is 0 Å². The molecule has 2 rings (SSSR count). The average molecular weight is 174 g/mol. The highest BCUT2D eigenvalue weighted by Gasteiger charge is 2.03. The van der Waals surface area contributed by atoms with E-state index in [1.807, 2.05) is 18.2 Å². The number of aromatic hydroxyl groups is 1. The van der Waals surface area contributed by atoms with Crippen LogP contribution in [-0.4, -0.2) is 10.1 Å². The second-order valence-electron chi connectivity index (χ2n) is 2.64. The molecule has 3 nitrogen and oxygen atoms in total. The van der Waals surface area contributed by atoms with Crippen molar-refractivity contribution in [1.29, 1.82) is 0 Å². The highest BCUT2D eigenvalue weighted by atomic mass is 16.5. The fraction of sp³-hybridized carbons (Fsp3) is 0. The highest BCUT2D eigenvalue weighted by Crippen LogP contribution is 2.27. The zero-order valence-corrected chi connectivity index (χ0v) is 6.90. The molecule has 1 N–H and O–H groups in total. The molecule has 0 atom stereocenters. The van der Waals surface area contributed by atoms with Gasteiger partial charge in [-0.2, -0.15) is 0 Å². The molecule has 0 aliphatic carbocycles. The zero-order chi connectivity index (χ0) is 9.26. The van der Waals surface area contributed by atoms with Gasteiger partial charge in [-0.3, -0.25) is 0 Å². The normalized spacial score (nSPS) is 10.2. The van der Waals surface area contributed by atoms with Crippen LogP contribution >= 0.6 is 0 Å². The van der Waals surface area contributed by atoms with Crippen LogP contribution in [0, 0.1) is 7.11 Å². The van der Waals surface area contributed by atoms with Gasteiger partial charge in [-0.15, -0.1) is 0 Å².